The van der Waals surface area contributed by atoms with Gasteiger partial charge in [-0.15, -0.1) is 0 Å². The minimum Gasteiger partial charge on any atom is -0.313 e. The number of thioether (sulfide) groups is 1. The third-order valence-electron chi connectivity index (χ3n) is 3.75. The second-order valence-electron chi connectivity index (χ2n) is 5.22. The minimum absolute atomic E-state index is 0.154. The number of hydrogen-bond donors (Lipinski definition) is 2. The molecule has 2 N–H and O–H groups in total. The van der Waals surface area contributed by atoms with Crippen molar-refractivity contribution < 1.29 is 8.42 Å². The van der Waals surface area contributed by atoms with Crippen molar-refractivity contribution in [2.75, 3.05) is 18.1 Å². The van der Waals surface area contributed by atoms with Gasteiger partial charge in [0.1, 0.15) is 0 Å². The van der Waals surface area contributed by atoms with Gasteiger partial charge in [0.05, 0.1) is 5.75 Å². The molecule has 0 radical (unpaired) electrons. The molecule has 18 heavy (non-hydrogen) atoms. The van der Waals surface area contributed by atoms with Gasteiger partial charge < -0.3 is 5.32 Å². The highest BCUT2D eigenvalue weighted by Crippen LogP contribution is 2.30. The summed E-state index contributed by atoms with van der Waals surface area (Å²) in [6, 6.07) is 0.308. The van der Waals surface area contributed by atoms with E-state index in [9.17, 15) is 8.42 Å². The number of nitrogens with one attached hydrogen (secondary N) is 2. The molecule has 0 spiro atoms. The van der Waals surface area contributed by atoms with Crippen LogP contribution in [-0.2, 0) is 10.0 Å². The third kappa shape index (κ3) is 4.11. The molecule has 2 aliphatic rings. The molecule has 0 aromatic heterocycles. The van der Waals surface area contributed by atoms with Crippen LogP contribution >= 0.6 is 11.8 Å². The second kappa shape index (κ2) is 6.59. The summed E-state index contributed by atoms with van der Waals surface area (Å²) < 4.78 is 27.2. The van der Waals surface area contributed by atoms with Crippen molar-refractivity contribution in [1.82, 2.24) is 10.0 Å². The molecule has 1 heterocycles. The summed E-state index contributed by atoms with van der Waals surface area (Å²) in [5, 5.41) is 3.72. The zero-order valence-corrected chi connectivity index (χ0v) is 12.7. The minimum atomic E-state index is -3.13. The van der Waals surface area contributed by atoms with Crippen LogP contribution in [0.1, 0.15) is 39.0 Å². The maximum absolute atomic E-state index is 12.1. The van der Waals surface area contributed by atoms with Crippen molar-refractivity contribution in [2.45, 2.75) is 56.4 Å². The fourth-order valence-electron chi connectivity index (χ4n) is 2.92. The molecular formula is C12H24N2O2S2. The molecule has 0 bridgehead atoms. The third-order valence-corrected chi connectivity index (χ3v) is 6.58. The average molecular weight is 292 g/mol. The van der Waals surface area contributed by atoms with Gasteiger partial charge in [0.25, 0.3) is 0 Å². The van der Waals surface area contributed by atoms with Crippen LogP contribution in [0.4, 0.5) is 0 Å². The second-order valence-corrected chi connectivity index (χ2v) is 8.54. The molecule has 1 aliphatic heterocycles. The summed E-state index contributed by atoms with van der Waals surface area (Å²) in [5.74, 6) is 1.31. The van der Waals surface area contributed by atoms with Crippen molar-refractivity contribution >= 4 is 21.8 Å². The fourth-order valence-corrected chi connectivity index (χ4v) is 5.85. The lowest BCUT2D eigenvalue weighted by Gasteiger charge is -2.21. The lowest BCUT2D eigenvalue weighted by atomic mass is 10.3. The van der Waals surface area contributed by atoms with Gasteiger partial charge in [-0.05, 0) is 38.0 Å². The molecule has 4 nitrogen and oxygen atoms in total. The quantitative estimate of drug-likeness (QED) is 0.775. The lowest BCUT2D eigenvalue weighted by Crippen LogP contribution is -2.43. The Kier molecular flexibility index (Phi) is 5.35. The van der Waals surface area contributed by atoms with E-state index in [1.165, 1.54) is 0 Å². The van der Waals surface area contributed by atoms with Gasteiger partial charge in [0.2, 0.25) is 10.0 Å². The Morgan fingerprint density at radius 2 is 2.11 bits per heavy atom. The van der Waals surface area contributed by atoms with Gasteiger partial charge >= 0.3 is 0 Å². The Hall–Kier alpha value is 0.220. The van der Waals surface area contributed by atoms with Crippen LogP contribution in [0.2, 0.25) is 0 Å². The predicted molar refractivity (Wildman–Crippen MR) is 77.5 cm³/mol. The van der Waals surface area contributed by atoms with Crippen LogP contribution in [0.5, 0.6) is 0 Å². The summed E-state index contributed by atoms with van der Waals surface area (Å²) in [6.07, 6.45) is 5.37. The monoisotopic (exact) mass is 292 g/mol. The van der Waals surface area contributed by atoms with Crippen LogP contribution in [0.3, 0.4) is 0 Å². The Bertz CT molecular complexity index is 353. The first-order valence-electron chi connectivity index (χ1n) is 6.95. The van der Waals surface area contributed by atoms with Crippen LogP contribution in [0.25, 0.3) is 0 Å². The van der Waals surface area contributed by atoms with Gasteiger partial charge in [-0.25, -0.2) is 13.1 Å². The normalized spacial score (nSPS) is 33.1. The first-order valence-corrected chi connectivity index (χ1v) is 9.66. The molecule has 106 valence electrons. The summed E-state index contributed by atoms with van der Waals surface area (Å²) in [7, 11) is -3.13. The Morgan fingerprint density at radius 3 is 2.78 bits per heavy atom. The van der Waals surface area contributed by atoms with Gasteiger partial charge in [-0.2, -0.15) is 11.8 Å². The van der Waals surface area contributed by atoms with E-state index in [1.807, 2.05) is 11.8 Å². The first-order chi connectivity index (χ1) is 8.61. The summed E-state index contributed by atoms with van der Waals surface area (Å²) in [4.78, 5) is 0. The van der Waals surface area contributed by atoms with E-state index in [2.05, 4.69) is 17.0 Å². The van der Waals surface area contributed by atoms with Gasteiger partial charge in [0, 0.05) is 17.3 Å². The predicted octanol–water partition coefficient (Wildman–Crippen LogP) is 1.33. The standard InChI is InChI=1S/C12H24N2O2S2/c1-2-17-12-7-3-6-11(12)14-18(15,16)9-10-5-4-8-13-10/h10-14H,2-9H2,1H3. The topological polar surface area (TPSA) is 58.2 Å². The molecular weight excluding hydrogens is 268 g/mol. The molecule has 1 saturated carbocycles. The van der Waals surface area contributed by atoms with E-state index in [-0.39, 0.29) is 17.8 Å². The number of sulfonamides is 1. The van der Waals surface area contributed by atoms with E-state index in [0.29, 0.717) is 5.25 Å². The van der Waals surface area contributed by atoms with Crippen molar-refractivity contribution in [3.8, 4) is 0 Å². The highest BCUT2D eigenvalue weighted by molar-refractivity contribution is 8.00. The maximum atomic E-state index is 12.1. The van der Waals surface area contributed by atoms with Gasteiger partial charge in [0.15, 0.2) is 0 Å². The molecule has 0 aromatic rings. The van der Waals surface area contributed by atoms with Gasteiger partial charge in [-0.1, -0.05) is 13.3 Å². The van der Waals surface area contributed by atoms with Crippen molar-refractivity contribution in [2.24, 2.45) is 0 Å². The van der Waals surface area contributed by atoms with Crippen molar-refractivity contribution in [3.63, 3.8) is 0 Å². The van der Waals surface area contributed by atoms with Crippen LogP contribution in [0.15, 0.2) is 0 Å². The Balaban J connectivity index is 1.86. The van der Waals surface area contributed by atoms with E-state index in [0.717, 1.165) is 44.4 Å². The van der Waals surface area contributed by atoms with Crippen LogP contribution in [0, 0.1) is 0 Å². The van der Waals surface area contributed by atoms with Gasteiger partial charge in [-0.3, -0.25) is 0 Å². The molecule has 0 amide bonds. The summed E-state index contributed by atoms with van der Waals surface area (Å²) >= 11 is 1.89. The highest BCUT2D eigenvalue weighted by Gasteiger charge is 2.31. The molecule has 2 rings (SSSR count). The van der Waals surface area contributed by atoms with Crippen molar-refractivity contribution in [3.05, 3.63) is 0 Å². The summed E-state index contributed by atoms with van der Waals surface area (Å²) in [6.45, 7) is 3.09. The average Bonchev–Trinajstić information content (AvgIpc) is 2.91. The smallest absolute Gasteiger partial charge is 0.213 e. The number of hydrogen-bond acceptors (Lipinski definition) is 4. The summed E-state index contributed by atoms with van der Waals surface area (Å²) in [5.41, 5.74) is 0. The van der Waals surface area contributed by atoms with E-state index in [4.69, 9.17) is 0 Å². The molecule has 1 aliphatic carbocycles. The first kappa shape index (κ1) is 14.6. The molecule has 2 fully saturated rings. The Labute approximate surface area is 115 Å². The number of rotatable bonds is 6. The van der Waals surface area contributed by atoms with Crippen LogP contribution < -0.4 is 10.0 Å². The largest absolute Gasteiger partial charge is 0.313 e. The lowest BCUT2D eigenvalue weighted by molar-refractivity contribution is 0.541. The zero-order chi connectivity index (χ0) is 13.0. The molecule has 6 heteroatoms. The van der Waals surface area contributed by atoms with Crippen LogP contribution in [-0.4, -0.2) is 43.8 Å². The SMILES string of the molecule is CCSC1CCCC1NS(=O)(=O)CC1CCCN1. The molecule has 3 atom stereocenters. The zero-order valence-electron chi connectivity index (χ0n) is 11.0. The fraction of sp³-hybridized carbons (Fsp3) is 1.00. The van der Waals surface area contributed by atoms with E-state index in [1.54, 1.807) is 0 Å². The van der Waals surface area contributed by atoms with E-state index >= 15 is 0 Å². The molecule has 3 unspecified atom stereocenters. The molecule has 0 aromatic carbocycles. The van der Waals surface area contributed by atoms with E-state index < -0.39 is 10.0 Å². The molecule has 1 saturated heterocycles. The highest BCUT2D eigenvalue weighted by atomic mass is 32.2. The maximum Gasteiger partial charge on any atom is 0.213 e. The van der Waals surface area contributed by atoms with Crippen molar-refractivity contribution in [1.29, 1.82) is 0 Å². The Morgan fingerprint density at radius 1 is 1.28 bits per heavy atom.